The molecule has 0 aromatic heterocycles. The van der Waals surface area contributed by atoms with Crippen LogP contribution in [0.15, 0.2) is 72.8 Å². The van der Waals surface area contributed by atoms with Crippen LogP contribution in [0.5, 0.6) is 0 Å². The van der Waals surface area contributed by atoms with Crippen LogP contribution in [-0.4, -0.2) is 50.4 Å². The summed E-state index contributed by atoms with van der Waals surface area (Å²) in [6.07, 6.45) is 7.68. The number of aliphatic hydroxyl groups excluding tert-OH is 2. The van der Waals surface area contributed by atoms with Crippen molar-refractivity contribution in [3.63, 3.8) is 0 Å². The largest absolute Gasteiger partial charge is 0.469 e. The number of hydrogen-bond donors (Lipinski definition) is 2. The number of aliphatic hydroxyl groups is 2. The van der Waals surface area contributed by atoms with E-state index in [9.17, 15) is 15.0 Å². The maximum absolute atomic E-state index is 11.1. The molecule has 0 fully saturated rings. The molecule has 2 atom stereocenters. The summed E-state index contributed by atoms with van der Waals surface area (Å²) in [5.41, 5.74) is 0. The quantitative estimate of drug-likeness (QED) is 0.156. The summed E-state index contributed by atoms with van der Waals surface area (Å²) in [5, 5.41) is 23.4. The molecule has 0 aliphatic carbocycles. The van der Waals surface area contributed by atoms with Crippen LogP contribution < -0.4 is 10.4 Å². The number of carbonyl (C=O) groups is 1. The van der Waals surface area contributed by atoms with E-state index >= 15 is 0 Å². The second-order valence-electron chi connectivity index (χ2n) is 10.4. The van der Waals surface area contributed by atoms with Gasteiger partial charge in [-0.15, -0.1) is 0 Å². The molecule has 0 radical (unpaired) electrons. The topological polar surface area (TPSA) is 76.0 Å². The smallest absolute Gasteiger partial charge is 0.305 e. The number of hydrogen-bond acceptors (Lipinski definition) is 5. The van der Waals surface area contributed by atoms with E-state index in [0.717, 1.165) is 32.1 Å². The standard InChI is InChI=1S/C30H44O5Si/c1-30(2,3)36(27-18-12-9-13-19-27,28-20-14-10-15-21-28)35-24-26(32)23-25(31)17-11-7-5-6-8-16-22-29(33)34-4/h9-15,17-21,25-26,31-32H,5-8,16,22-24H2,1-4H3/b17-11+/t25-,26+/m1/s1. The van der Waals surface area contributed by atoms with E-state index < -0.39 is 20.5 Å². The number of benzene rings is 2. The van der Waals surface area contributed by atoms with E-state index in [1.165, 1.54) is 17.5 Å². The third-order valence-electron chi connectivity index (χ3n) is 6.51. The Morgan fingerprint density at radius 3 is 2.00 bits per heavy atom. The Bertz CT molecular complexity index is 868. The Morgan fingerprint density at radius 1 is 0.917 bits per heavy atom. The van der Waals surface area contributed by atoms with Gasteiger partial charge in [-0.25, -0.2) is 0 Å². The van der Waals surface area contributed by atoms with Crippen molar-refractivity contribution in [3.05, 3.63) is 72.8 Å². The molecule has 6 heteroatoms. The fourth-order valence-corrected chi connectivity index (χ4v) is 9.25. The second kappa shape index (κ2) is 15.1. The first-order valence-electron chi connectivity index (χ1n) is 13.1. The summed E-state index contributed by atoms with van der Waals surface area (Å²) in [4.78, 5) is 11.1. The minimum Gasteiger partial charge on any atom is -0.469 e. The van der Waals surface area contributed by atoms with Gasteiger partial charge in [0.25, 0.3) is 8.32 Å². The molecule has 2 rings (SSSR count). The van der Waals surface area contributed by atoms with Crippen molar-refractivity contribution in [3.8, 4) is 0 Å². The Balaban J connectivity index is 1.93. The first-order valence-corrected chi connectivity index (χ1v) is 15.0. The molecular formula is C30H44O5Si. The monoisotopic (exact) mass is 512 g/mol. The Labute approximate surface area is 218 Å². The van der Waals surface area contributed by atoms with Gasteiger partial charge in [0.2, 0.25) is 0 Å². The number of esters is 1. The molecule has 198 valence electrons. The summed E-state index contributed by atoms with van der Waals surface area (Å²) in [6, 6.07) is 20.7. The Hall–Kier alpha value is -2.25. The molecule has 2 N–H and O–H groups in total. The highest BCUT2D eigenvalue weighted by Gasteiger charge is 2.50. The number of unbranched alkanes of at least 4 members (excludes halogenated alkanes) is 4. The molecule has 0 amide bonds. The van der Waals surface area contributed by atoms with E-state index in [-0.39, 0.29) is 24.0 Å². The van der Waals surface area contributed by atoms with Gasteiger partial charge >= 0.3 is 5.97 Å². The van der Waals surface area contributed by atoms with Gasteiger partial charge in [-0.05, 0) is 34.7 Å². The summed E-state index contributed by atoms with van der Waals surface area (Å²) < 4.78 is 11.4. The molecule has 0 unspecified atom stereocenters. The van der Waals surface area contributed by atoms with Gasteiger partial charge in [0, 0.05) is 12.8 Å². The molecule has 0 heterocycles. The molecule has 2 aromatic rings. The highest BCUT2D eigenvalue weighted by atomic mass is 28.4. The van der Waals surface area contributed by atoms with Crippen molar-refractivity contribution in [2.75, 3.05) is 13.7 Å². The highest BCUT2D eigenvalue weighted by molar-refractivity contribution is 6.99. The third kappa shape index (κ3) is 9.00. The lowest BCUT2D eigenvalue weighted by atomic mass is 10.1. The molecule has 0 spiro atoms. The van der Waals surface area contributed by atoms with Crippen LogP contribution in [0.2, 0.25) is 5.04 Å². The lowest BCUT2D eigenvalue weighted by Gasteiger charge is -2.43. The van der Waals surface area contributed by atoms with Crippen LogP contribution in [-0.2, 0) is 14.0 Å². The van der Waals surface area contributed by atoms with Gasteiger partial charge in [0.05, 0.1) is 25.9 Å². The van der Waals surface area contributed by atoms with Crippen LogP contribution in [0.25, 0.3) is 0 Å². The molecule has 0 aliphatic heterocycles. The zero-order valence-corrected chi connectivity index (χ0v) is 23.4. The highest BCUT2D eigenvalue weighted by Crippen LogP contribution is 2.36. The summed E-state index contributed by atoms with van der Waals surface area (Å²) in [6.45, 7) is 6.79. The summed E-state index contributed by atoms with van der Waals surface area (Å²) in [7, 11) is -1.30. The average molecular weight is 513 g/mol. The molecule has 2 aromatic carbocycles. The fourth-order valence-electron chi connectivity index (χ4n) is 4.65. The molecule has 0 saturated carbocycles. The average Bonchev–Trinajstić information content (AvgIpc) is 2.86. The number of rotatable bonds is 15. The van der Waals surface area contributed by atoms with E-state index in [2.05, 4.69) is 49.8 Å². The van der Waals surface area contributed by atoms with Crippen molar-refractivity contribution in [1.29, 1.82) is 0 Å². The second-order valence-corrected chi connectivity index (χ2v) is 14.7. The lowest BCUT2D eigenvalue weighted by molar-refractivity contribution is -0.140. The zero-order valence-electron chi connectivity index (χ0n) is 22.4. The predicted octanol–water partition coefficient (Wildman–Crippen LogP) is 4.74. The molecule has 0 saturated heterocycles. The van der Waals surface area contributed by atoms with Crippen molar-refractivity contribution in [2.45, 2.75) is 83.0 Å². The van der Waals surface area contributed by atoms with Gasteiger partial charge in [0.15, 0.2) is 0 Å². The van der Waals surface area contributed by atoms with Gasteiger partial charge in [0.1, 0.15) is 0 Å². The number of carbonyl (C=O) groups excluding carboxylic acids is 1. The minimum absolute atomic E-state index is 0.157. The Morgan fingerprint density at radius 2 is 1.47 bits per heavy atom. The normalized spacial score (nSPS) is 14.1. The van der Waals surface area contributed by atoms with Crippen LogP contribution in [0, 0.1) is 0 Å². The van der Waals surface area contributed by atoms with Crippen LogP contribution in [0.1, 0.15) is 65.7 Å². The van der Waals surface area contributed by atoms with Gasteiger partial charge in [-0.1, -0.05) is 106 Å². The molecule has 0 bridgehead atoms. The zero-order chi connectivity index (χ0) is 26.4. The minimum atomic E-state index is -2.71. The number of allylic oxidation sites excluding steroid dienone is 1. The van der Waals surface area contributed by atoms with Gasteiger partial charge in [-0.3, -0.25) is 4.79 Å². The van der Waals surface area contributed by atoms with Crippen molar-refractivity contribution in [2.24, 2.45) is 0 Å². The van der Waals surface area contributed by atoms with Crippen molar-refractivity contribution in [1.82, 2.24) is 0 Å². The van der Waals surface area contributed by atoms with Gasteiger partial charge < -0.3 is 19.4 Å². The summed E-state index contributed by atoms with van der Waals surface area (Å²) >= 11 is 0. The van der Waals surface area contributed by atoms with E-state index in [1.54, 1.807) is 6.08 Å². The Kier molecular flexibility index (Phi) is 12.6. The van der Waals surface area contributed by atoms with Crippen LogP contribution in [0.3, 0.4) is 0 Å². The first kappa shape index (κ1) is 30.0. The predicted molar refractivity (Wildman–Crippen MR) is 149 cm³/mol. The van der Waals surface area contributed by atoms with Crippen molar-refractivity contribution < 1.29 is 24.2 Å². The molecule has 5 nitrogen and oxygen atoms in total. The van der Waals surface area contributed by atoms with E-state index in [1.807, 2.05) is 42.5 Å². The first-order chi connectivity index (χ1) is 17.2. The van der Waals surface area contributed by atoms with Gasteiger partial charge in [-0.2, -0.15) is 0 Å². The van der Waals surface area contributed by atoms with E-state index in [0.29, 0.717) is 6.42 Å². The van der Waals surface area contributed by atoms with Crippen molar-refractivity contribution >= 4 is 24.7 Å². The number of ether oxygens (including phenoxy) is 1. The third-order valence-corrected chi connectivity index (χ3v) is 11.5. The van der Waals surface area contributed by atoms with Crippen LogP contribution >= 0.6 is 0 Å². The van der Waals surface area contributed by atoms with E-state index in [4.69, 9.17) is 4.43 Å². The SMILES string of the molecule is COC(=O)CCCCCC/C=C/[C@@H](O)C[C@H](O)CO[Si](c1ccccc1)(c1ccccc1)C(C)(C)C. The maximum atomic E-state index is 11.1. The fraction of sp³-hybridized carbons (Fsp3) is 0.500. The number of methoxy groups -OCH3 is 1. The maximum Gasteiger partial charge on any atom is 0.305 e. The summed E-state index contributed by atoms with van der Waals surface area (Å²) in [5.74, 6) is -0.157. The molecule has 36 heavy (non-hydrogen) atoms. The molecular weight excluding hydrogens is 468 g/mol. The molecule has 0 aliphatic rings. The lowest BCUT2D eigenvalue weighted by Crippen LogP contribution is -2.67. The van der Waals surface area contributed by atoms with Crippen LogP contribution in [0.4, 0.5) is 0 Å².